The summed E-state index contributed by atoms with van der Waals surface area (Å²) in [5.41, 5.74) is 0.123. The molecule has 2 unspecified atom stereocenters. The summed E-state index contributed by atoms with van der Waals surface area (Å²) in [5, 5.41) is 9.35. The van der Waals surface area contributed by atoms with Crippen LogP contribution in [0.4, 0.5) is 5.82 Å². The van der Waals surface area contributed by atoms with E-state index >= 15 is 0 Å². The van der Waals surface area contributed by atoms with Crippen molar-refractivity contribution >= 4 is 23.4 Å². The zero-order valence-electron chi connectivity index (χ0n) is 11.4. The van der Waals surface area contributed by atoms with Gasteiger partial charge >= 0.3 is 5.97 Å². The van der Waals surface area contributed by atoms with Gasteiger partial charge in [0.2, 0.25) is 0 Å². The number of piperazine rings is 1. The quantitative estimate of drug-likeness (QED) is 0.905. The molecule has 0 aromatic carbocycles. The number of aromatic carboxylic acids is 1. The molecule has 3 rings (SSSR count). The van der Waals surface area contributed by atoms with Crippen LogP contribution in [0.25, 0.3) is 0 Å². The molecule has 0 saturated carbocycles. The van der Waals surface area contributed by atoms with E-state index in [0.29, 0.717) is 17.9 Å². The van der Waals surface area contributed by atoms with Crippen LogP contribution < -0.4 is 4.90 Å². The van der Waals surface area contributed by atoms with E-state index in [-0.39, 0.29) is 10.6 Å². The summed E-state index contributed by atoms with van der Waals surface area (Å²) in [4.78, 5) is 20.2. The Morgan fingerprint density at radius 3 is 3.05 bits per heavy atom. The molecule has 2 atom stereocenters. The summed E-state index contributed by atoms with van der Waals surface area (Å²) in [6.07, 6.45) is 3.90. The van der Waals surface area contributed by atoms with Gasteiger partial charge in [-0.1, -0.05) is 11.6 Å². The molecule has 20 heavy (non-hydrogen) atoms. The molecule has 3 heterocycles. The van der Waals surface area contributed by atoms with E-state index in [9.17, 15) is 4.79 Å². The first-order chi connectivity index (χ1) is 9.56. The molecule has 1 aromatic rings. The second-order valence-corrected chi connectivity index (χ2v) is 6.03. The van der Waals surface area contributed by atoms with Crippen molar-refractivity contribution in [2.24, 2.45) is 0 Å². The Bertz CT molecular complexity index is 537. The van der Waals surface area contributed by atoms with E-state index < -0.39 is 5.97 Å². The third kappa shape index (κ3) is 2.36. The number of aromatic nitrogens is 1. The Balaban J connectivity index is 1.88. The third-order valence-corrected chi connectivity index (χ3v) is 4.60. The predicted octanol–water partition coefficient (Wildman–Crippen LogP) is 2.11. The van der Waals surface area contributed by atoms with Crippen molar-refractivity contribution in [1.29, 1.82) is 0 Å². The van der Waals surface area contributed by atoms with Gasteiger partial charge in [-0.2, -0.15) is 0 Å². The van der Waals surface area contributed by atoms with Crippen LogP contribution in [-0.4, -0.2) is 52.7 Å². The van der Waals surface area contributed by atoms with E-state index in [1.54, 1.807) is 6.07 Å². The molecule has 6 heteroatoms. The molecule has 0 spiro atoms. The summed E-state index contributed by atoms with van der Waals surface area (Å²) in [6, 6.07) is 2.49. The molecule has 0 aliphatic carbocycles. The average molecular weight is 296 g/mol. The number of hydrogen-bond acceptors (Lipinski definition) is 4. The smallest absolute Gasteiger partial charge is 0.337 e. The van der Waals surface area contributed by atoms with Gasteiger partial charge < -0.3 is 10.0 Å². The van der Waals surface area contributed by atoms with E-state index in [2.05, 4.69) is 21.7 Å². The zero-order valence-corrected chi connectivity index (χ0v) is 12.2. The average Bonchev–Trinajstić information content (AvgIpc) is 2.85. The Labute approximate surface area is 123 Å². The van der Waals surface area contributed by atoms with Crippen molar-refractivity contribution in [2.75, 3.05) is 24.5 Å². The lowest BCUT2D eigenvalue weighted by molar-refractivity contribution is 0.0697. The molecule has 108 valence electrons. The topological polar surface area (TPSA) is 56.7 Å². The van der Waals surface area contributed by atoms with Crippen LogP contribution in [0.15, 0.2) is 12.3 Å². The molecule has 0 bridgehead atoms. The Morgan fingerprint density at radius 2 is 2.30 bits per heavy atom. The van der Waals surface area contributed by atoms with E-state index in [4.69, 9.17) is 16.7 Å². The van der Waals surface area contributed by atoms with Crippen LogP contribution in [0.5, 0.6) is 0 Å². The zero-order chi connectivity index (χ0) is 14.3. The summed E-state index contributed by atoms with van der Waals surface area (Å²) in [7, 11) is 0. The molecule has 2 fully saturated rings. The van der Waals surface area contributed by atoms with Gasteiger partial charge in [0.25, 0.3) is 0 Å². The SMILES string of the molecule is CC1CN2CCCC2CN1c1cc(C(=O)O)c(Cl)cn1. The lowest BCUT2D eigenvalue weighted by Crippen LogP contribution is -2.55. The molecule has 0 amide bonds. The fourth-order valence-corrected chi connectivity index (χ4v) is 3.44. The van der Waals surface area contributed by atoms with Crippen molar-refractivity contribution in [3.8, 4) is 0 Å². The van der Waals surface area contributed by atoms with Crippen molar-refractivity contribution < 1.29 is 9.90 Å². The number of carboxylic acid groups (broad SMARTS) is 1. The van der Waals surface area contributed by atoms with Gasteiger partial charge in [0.05, 0.1) is 10.6 Å². The summed E-state index contributed by atoms with van der Waals surface area (Å²) in [5.74, 6) is -0.295. The predicted molar refractivity (Wildman–Crippen MR) is 77.6 cm³/mol. The fourth-order valence-electron chi connectivity index (χ4n) is 3.26. The molecular formula is C14H18ClN3O2. The Morgan fingerprint density at radius 1 is 1.50 bits per heavy atom. The van der Waals surface area contributed by atoms with E-state index in [1.807, 2.05) is 0 Å². The van der Waals surface area contributed by atoms with Crippen LogP contribution in [0, 0.1) is 0 Å². The first-order valence-electron chi connectivity index (χ1n) is 6.96. The second kappa shape index (κ2) is 5.22. The third-order valence-electron chi connectivity index (χ3n) is 4.30. The number of halogens is 1. The lowest BCUT2D eigenvalue weighted by Gasteiger charge is -2.43. The molecule has 2 aliphatic rings. The Kier molecular flexibility index (Phi) is 3.56. The van der Waals surface area contributed by atoms with Crippen LogP contribution in [-0.2, 0) is 0 Å². The van der Waals surface area contributed by atoms with E-state index in [0.717, 1.165) is 13.1 Å². The van der Waals surface area contributed by atoms with Gasteiger partial charge in [0, 0.05) is 31.4 Å². The van der Waals surface area contributed by atoms with E-state index in [1.165, 1.54) is 25.6 Å². The van der Waals surface area contributed by atoms with Crippen LogP contribution in [0.2, 0.25) is 5.02 Å². The highest BCUT2D eigenvalue weighted by atomic mass is 35.5. The standard InChI is InChI=1S/C14H18ClN3O2/c1-9-7-17-4-2-3-10(17)8-18(9)13-5-11(14(19)20)12(15)6-16-13/h5-6,9-10H,2-4,7-8H2,1H3,(H,19,20). The van der Waals surface area contributed by atoms with Crippen molar-refractivity contribution in [3.05, 3.63) is 22.8 Å². The van der Waals surface area contributed by atoms with Crippen molar-refractivity contribution in [2.45, 2.75) is 31.8 Å². The van der Waals surface area contributed by atoms with Gasteiger partial charge in [-0.3, -0.25) is 4.90 Å². The summed E-state index contributed by atoms with van der Waals surface area (Å²) < 4.78 is 0. The summed E-state index contributed by atoms with van der Waals surface area (Å²) >= 11 is 5.89. The van der Waals surface area contributed by atoms with Gasteiger partial charge in [0.15, 0.2) is 0 Å². The number of fused-ring (bicyclic) bond motifs is 1. The molecule has 1 N–H and O–H groups in total. The van der Waals surface area contributed by atoms with Gasteiger partial charge in [-0.15, -0.1) is 0 Å². The maximum Gasteiger partial charge on any atom is 0.337 e. The van der Waals surface area contributed by atoms with Gasteiger partial charge in [-0.25, -0.2) is 9.78 Å². The number of carbonyl (C=O) groups is 1. The van der Waals surface area contributed by atoms with Crippen LogP contribution in [0.1, 0.15) is 30.1 Å². The highest BCUT2D eigenvalue weighted by Crippen LogP contribution is 2.29. The molecule has 2 aliphatic heterocycles. The normalized spacial score (nSPS) is 26.6. The fraction of sp³-hybridized carbons (Fsp3) is 0.571. The lowest BCUT2D eigenvalue weighted by atomic mass is 10.1. The number of rotatable bonds is 2. The number of nitrogens with zero attached hydrogens (tertiary/aromatic N) is 3. The number of carboxylic acids is 1. The monoisotopic (exact) mass is 295 g/mol. The van der Waals surface area contributed by atoms with Crippen molar-refractivity contribution in [3.63, 3.8) is 0 Å². The molecule has 0 radical (unpaired) electrons. The number of anilines is 1. The molecule has 5 nitrogen and oxygen atoms in total. The minimum Gasteiger partial charge on any atom is -0.478 e. The summed E-state index contributed by atoms with van der Waals surface area (Å²) in [6.45, 7) is 5.26. The minimum atomic E-state index is -1.01. The highest BCUT2D eigenvalue weighted by molar-refractivity contribution is 6.33. The minimum absolute atomic E-state index is 0.123. The largest absolute Gasteiger partial charge is 0.478 e. The van der Waals surface area contributed by atoms with Crippen LogP contribution >= 0.6 is 11.6 Å². The maximum absolute atomic E-state index is 11.2. The number of pyridine rings is 1. The highest BCUT2D eigenvalue weighted by Gasteiger charge is 2.35. The molecular weight excluding hydrogens is 278 g/mol. The maximum atomic E-state index is 11.2. The first kappa shape index (κ1) is 13.6. The van der Waals surface area contributed by atoms with Gasteiger partial charge in [0.1, 0.15) is 5.82 Å². The van der Waals surface area contributed by atoms with Crippen molar-refractivity contribution in [1.82, 2.24) is 9.88 Å². The Hall–Kier alpha value is -1.33. The van der Waals surface area contributed by atoms with Crippen LogP contribution in [0.3, 0.4) is 0 Å². The number of hydrogen-bond donors (Lipinski definition) is 1. The molecule has 2 saturated heterocycles. The van der Waals surface area contributed by atoms with Gasteiger partial charge in [-0.05, 0) is 32.4 Å². The molecule has 1 aromatic heterocycles. The first-order valence-corrected chi connectivity index (χ1v) is 7.33. The second-order valence-electron chi connectivity index (χ2n) is 5.62.